The van der Waals surface area contributed by atoms with E-state index in [4.69, 9.17) is 4.74 Å². The van der Waals surface area contributed by atoms with Crippen molar-refractivity contribution in [3.8, 4) is 5.75 Å². The predicted molar refractivity (Wildman–Crippen MR) is 71.5 cm³/mol. The average Bonchev–Trinajstić information content (AvgIpc) is 2.86. The first-order valence-corrected chi connectivity index (χ1v) is 6.19. The molecule has 0 aliphatic rings. The van der Waals surface area contributed by atoms with Crippen LogP contribution >= 0.6 is 0 Å². The zero-order chi connectivity index (χ0) is 15.4. The minimum absolute atomic E-state index is 0.0276. The summed E-state index contributed by atoms with van der Waals surface area (Å²) in [5.41, 5.74) is 0.481. The van der Waals surface area contributed by atoms with Crippen LogP contribution < -0.4 is 4.74 Å². The van der Waals surface area contributed by atoms with Gasteiger partial charge in [0.1, 0.15) is 36.7 Å². The Morgan fingerprint density at radius 2 is 2.33 bits per heavy atom. The second kappa shape index (κ2) is 6.31. The Hall–Kier alpha value is -2.48. The fourth-order valence-electron chi connectivity index (χ4n) is 1.78. The Kier molecular flexibility index (Phi) is 4.49. The van der Waals surface area contributed by atoms with E-state index in [0.29, 0.717) is 11.3 Å². The van der Waals surface area contributed by atoms with Gasteiger partial charge in [0, 0.05) is 0 Å². The number of nitro groups is 1. The Balaban J connectivity index is 1.89. The van der Waals surface area contributed by atoms with Crippen LogP contribution in [0.3, 0.4) is 0 Å². The van der Waals surface area contributed by atoms with E-state index in [-0.39, 0.29) is 24.7 Å². The summed E-state index contributed by atoms with van der Waals surface area (Å²) in [4.78, 5) is 9.95. The highest BCUT2D eigenvalue weighted by molar-refractivity contribution is 5.32. The molecule has 0 saturated heterocycles. The van der Waals surface area contributed by atoms with Crippen molar-refractivity contribution in [3.05, 3.63) is 52.1 Å². The van der Waals surface area contributed by atoms with Crippen molar-refractivity contribution in [2.75, 3.05) is 6.61 Å². The highest BCUT2D eigenvalue weighted by Crippen LogP contribution is 2.18. The molecule has 21 heavy (non-hydrogen) atoms. The fourth-order valence-corrected chi connectivity index (χ4v) is 1.78. The van der Waals surface area contributed by atoms with Gasteiger partial charge in [-0.25, -0.2) is 4.39 Å². The summed E-state index contributed by atoms with van der Waals surface area (Å²) in [6.45, 7) is 1.73. The molecule has 2 rings (SSSR count). The van der Waals surface area contributed by atoms with Gasteiger partial charge in [-0.3, -0.25) is 14.8 Å². The molecule has 0 bridgehead atoms. The van der Waals surface area contributed by atoms with E-state index < -0.39 is 11.0 Å². The maximum absolute atomic E-state index is 12.9. The van der Waals surface area contributed by atoms with Crippen LogP contribution in [0.2, 0.25) is 0 Å². The number of hydrogen-bond donors (Lipinski definition) is 1. The lowest BCUT2D eigenvalue weighted by Crippen LogP contribution is -2.24. The molecule has 0 radical (unpaired) electrons. The van der Waals surface area contributed by atoms with E-state index >= 15 is 0 Å². The molecular formula is C13H14FN3O4. The molecule has 1 N–H and O–H groups in total. The van der Waals surface area contributed by atoms with E-state index in [2.05, 4.69) is 5.10 Å². The van der Waals surface area contributed by atoms with Gasteiger partial charge in [-0.05, 0) is 30.7 Å². The number of halogens is 1. The molecule has 1 aromatic carbocycles. The van der Waals surface area contributed by atoms with Crippen LogP contribution in [0.15, 0.2) is 30.6 Å². The Morgan fingerprint density at radius 1 is 1.57 bits per heavy atom. The smallest absolute Gasteiger partial charge is 0.306 e. The van der Waals surface area contributed by atoms with E-state index in [1.807, 2.05) is 0 Å². The Labute approximate surface area is 119 Å². The topological polar surface area (TPSA) is 90.4 Å². The number of aryl methyl sites for hydroxylation is 1. The summed E-state index contributed by atoms with van der Waals surface area (Å²) >= 11 is 0. The van der Waals surface area contributed by atoms with E-state index in [1.165, 1.54) is 29.1 Å². The number of aliphatic hydroxyl groups excluding tert-OH is 1. The normalized spacial score (nSPS) is 12.1. The minimum atomic E-state index is -0.894. The maximum Gasteiger partial charge on any atom is 0.306 e. The summed E-state index contributed by atoms with van der Waals surface area (Å²) in [7, 11) is 0. The van der Waals surface area contributed by atoms with E-state index in [1.54, 1.807) is 6.92 Å². The molecule has 0 spiro atoms. The van der Waals surface area contributed by atoms with Gasteiger partial charge in [-0.15, -0.1) is 0 Å². The first kappa shape index (κ1) is 14.9. The molecule has 0 saturated carbocycles. The van der Waals surface area contributed by atoms with Gasteiger partial charge in [0.05, 0.1) is 11.5 Å². The van der Waals surface area contributed by atoms with Crippen LogP contribution in [0.1, 0.15) is 5.56 Å². The molecule has 8 heteroatoms. The highest BCUT2D eigenvalue weighted by Gasteiger charge is 2.13. The molecule has 7 nitrogen and oxygen atoms in total. The maximum atomic E-state index is 12.9. The molecule has 0 aliphatic heterocycles. The molecule has 0 fully saturated rings. The summed E-state index contributed by atoms with van der Waals surface area (Å²) in [5, 5.41) is 24.1. The van der Waals surface area contributed by atoms with Gasteiger partial charge >= 0.3 is 5.69 Å². The molecule has 1 unspecified atom stereocenters. The number of nitrogens with zero attached hydrogens (tertiary/aromatic N) is 3. The number of hydrogen-bond acceptors (Lipinski definition) is 5. The SMILES string of the molecule is Cc1cc(F)ccc1OCC(O)Cn1cc([N+](=O)[O-])cn1. The second-order valence-electron chi connectivity index (χ2n) is 4.55. The minimum Gasteiger partial charge on any atom is -0.491 e. The number of aliphatic hydroxyl groups is 1. The van der Waals surface area contributed by atoms with Crippen molar-refractivity contribution in [2.45, 2.75) is 19.6 Å². The van der Waals surface area contributed by atoms with Crippen LogP contribution in [0.4, 0.5) is 10.1 Å². The Bertz CT molecular complexity index is 644. The molecule has 0 amide bonds. The molecule has 1 heterocycles. The van der Waals surface area contributed by atoms with Crippen LogP contribution in [0.5, 0.6) is 5.75 Å². The largest absolute Gasteiger partial charge is 0.491 e. The highest BCUT2D eigenvalue weighted by atomic mass is 19.1. The van der Waals surface area contributed by atoms with Crippen LogP contribution in [0.25, 0.3) is 0 Å². The van der Waals surface area contributed by atoms with Gasteiger partial charge in [0.25, 0.3) is 0 Å². The quantitative estimate of drug-likeness (QED) is 0.646. The van der Waals surface area contributed by atoms with E-state index in [9.17, 15) is 19.6 Å². The number of benzene rings is 1. The fraction of sp³-hybridized carbons (Fsp3) is 0.308. The lowest BCUT2D eigenvalue weighted by Gasteiger charge is -2.13. The number of ether oxygens (including phenoxy) is 1. The lowest BCUT2D eigenvalue weighted by molar-refractivity contribution is -0.385. The van der Waals surface area contributed by atoms with Crippen LogP contribution in [0, 0.1) is 22.9 Å². The van der Waals surface area contributed by atoms with Crippen molar-refractivity contribution in [1.29, 1.82) is 0 Å². The van der Waals surface area contributed by atoms with Gasteiger partial charge in [-0.1, -0.05) is 0 Å². The third-order valence-electron chi connectivity index (χ3n) is 2.80. The second-order valence-corrected chi connectivity index (χ2v) is 4.55. The monoisotopic (exact) mass is 295 g/mol. The van der Waals surface area contributed by atoms with Gasteiger partial charge < -0.3 is 9.84 Å². The lowest BCUT2D eigenvalue weighted by atomic mass is 10.2. The predicted octanol–water partition coefficient (Wildman–Crippen LogP) is 1.68. The molecule has 1 atom stereocenters. The first-order valence-electron chi connectivity index (χ1n) is 6.19. The first-order chi connectivity index (χ1) is 9.95. The van der Waals surface area contributed by atoms with Crippen LogP contribution in [-0.2, 0) is 6.54 Å². The molecule has 1 aromatic heterocycles. The van der Waals surface area contributed by atoms with Gasteiger partial charge in [0.2, 0.25) is 0 Å². The number of aromatic nitrogens is 2. The van der Waals surface area contributed by atoms with Crippen molar-refractivity contribution in [3.63, 3.8) is 0 Å². The van der Waals surface area contributed by atoms with E-state index in [0.717, 1.165) is 6.20 Å². The van der Waals surface area contributed by atoms with Crippen molar-refractivity contribution in [1.82, 2.24) is 9.78 Å². The summed E-state index contributed by atoms with van der Waals surface area (Å²) < 4.78 is 19.6. The van der Waals surface area contributed by atoms with Gasteiger partial charge in [-0.2, -0.15) is 5.10 Å². The summed E-state index contributed by atoms with van der Waals surface area (Å²) in [6, 6.07) is 4.08. The molecule has 112 valence electrons. The van der Waals surface area contributed by atoms with Crippen LogP contribution in [-0.4, -0.2) is 32.5 Å². The zero-order valence-corrected chi connectivity index (χ0v) is 11.3. The molecular weight excluding hydrogens is 281 g/mol. The van der Waals surface area contributed by atoms with Crippen molar-refractivity contribution in [2.24, 2.45) is 0 Å². The summed E-state index contributed by atoms with van der Waals surface area (Å²) in [5.74, 6) is 0.117. The molecule has 0 aliphatic carbocycles. The third kappa shape index (κ3) is 3.99. The molecule has 2 aromatic rings. The Morgan fingerprint density at radius 3 is 2.95 bits per heavy atom. The average molecular weight is 295 g/mol. The standard InChI is InChI=1S/C13H14FN3O4/c1-9-4-10(14)2-3-13(9)21-8-12(18)7-16-6-11(5-15-16)17(19)20/h2-6,12,18H,7-8H2,1H3. The zero-order valence-electron chi connectivity index (χ0n) is 11.3. The van der Waals surface area contributed by atoms with Crippen molar-refractivity contribution < 1.29 is 19.2 Å². The summed E-state index contributed by atoms with van der Waals surface area (Å²) in [6.07, 6.45) is 1.44. The third-order valence-corrected chi connectivity index (χ3v) is 2.80. The number of rotatable bonds is 6. The van der Waals surface area contributed by atoms with Gasteiger partial charge in [0.15, 0.2) is 0 Å². The van der Waals surface area contributed by atoms with Crippen molar-refractivity contribution >= 4 is 5.69 Å².